The van der Waals surface area contributed by atoms with Crippen LogP contribution in [0.2, 0.25) is 0 Å². The average Bonchev–Trinajstić information content (AvgIpc) is 3.16. The van der Waals surface area contributed by atoms with E-state index in [9.17, 15) is 4.79 Å². The monoisotopic (exact) mass is 277 g/mol. The molecule has 0 heterocycles. The quantitative estimate of drug-likeness (QED) is 0.804. The molecule has 20 heavy (non-hydrogen) atoms. The van der Waals surface area contributed by atoms with Gasteiger partial charge in [0, 0.05) is 12.5 Å². The first-order valence-electron chi connectivity index (χ1n) is 8.72. The minimum absolute atomic E-state index is 0.337. The van der Waals surface area contributed by atoms with E-state index in [1.807, 2.05) is 0 Å². The Balaban J connectivity index is 1.50. The van der Waals surface area contributed by atoms with Crippen LogP contribution in [0.5, 0.6) is 0 Å². The molecule has 2 nitrogen and oxygen atoms in total. The van der Waals surface area contributed by atoms with E-state index in [2.05, 4.69) is 26.1 Å². The zero-order valence-corrected chi connectivity index (χ0v) is 13.5. The predicted molar refractivity (Wildman–Crippen MR) is 82.3 cm³/mol. The van der Waals surface area contributed by atoms with Gasteiger partial charge in [-0.1, -0.05) is 20.8 Å². The van der Waals surface area contributed by atoms with Gasteiger partial charge in [0.25, 0.3) is 0 Å². The van der Waals surface area contributed by atoms with Gasteiger partial charge in [0.1, 0.15) is 0 Å². The van der Waals surface area contributed by atoms with Crippen molar-refractivity contribution in [2.24, 2.45) is 29.1 Å². The summed E-state index contributed by atoms with van der Waals surface area (Å²) < 4.78 is 0. The third-order valence-electron chi connectivity index (χ3n) is 5.54. The lowest BCUT2D eigenvalue weighted by Crippen LogP contribution is -2.40. The molecule has 0 aliphatic heterocycles. The molecule has 114 valence electrons. The van der Waals surface area contributed by atoms with Crippen LogP contribution in [0.3, 0.4) is 0 Å². The van der Waals surface area contributed by atoms with Crippen molar-refractivity contribution in [3.63, 3.8) is 0 Å². The molecule has 0 saturated heterocycles. The number of nitrogens with one attached hydrogen (secondary N) is 1. The molecule has 0 bridgehead atoms. The highest BCUT2D eigenvalue weighted by Crippen LogP contribution is 2.45. The third-order valence-corrected chi connectivity index (χ3v) is 5.54. The minimum Gasteiger partial charge on any atom is -0.353 e. The van der Waals surface area contributed by atoms with Crippen molar-refractivity contribution < 1.29 is 4.79 Å². The highest BCUT2D eigenvalue weighted by atomic mass is 16.1. The largest absolute Gasteiger partial charge is 0.353 e. The van der Waals surface area contributed by atoms with Gasteiger partial charge >= 0.3 is 0 Å². The van der Waals surface area contributed by atoms with E-state index in [4.69, 9.17) is 0 Å². The standard InChI is InChI=1S/C18H31NO/c1-12-8-13(11-18(2,3)10-12)9-16(20)19-17(14-4-5-14)15-6-7-15/h12-15,17H,4-11H2,1-3H3,(H,19,20). The number of hydrogen-bond donors (Lipinski definition) is 1. The van der Waals surface area contributed by atoms with Gasteiger partial charge in [0.2, 0.25) is 5.91 Å². The fraction of sp³-hybridized carbons (Fsp3) is 0.944. The normalized spacial score (nSPS) is 33.2. The van der Waals surface area contributed by atoms with Gasteiger partial charge < -0.3 is 5.32 Å². The second-order valence-electron chi connectivity index (χ2n) is 8.75. The van der Waals surface area contributed by atoms with E-state index in [0.717, 1.165) is 24.2 Å². The fourth-order valence-electron chi connectivity index (χ4n) is 4.74. The molecular weight excluding hydrogens is 246 g/mol. The number of carbonyl (C=O) groups excluding carboxylic acids is 1. The van der Waals surface area contributed by atoms with E-state index in [0.29, 0.717) is 23.3 Å². The van der Waals surface area contributed by atoms with E-state index in [1.54, 1.807) is 0 Å². The van der Waals surface area contributed by atoms with Gasteiger partial charge in [0.15, 0.2) is 0 Å². The molecule has 0 aromatic heterocycles. The number of hydrogen-bond acceptors (Lipinski definition) is 1. The fourth-order valence-corrected chi connectivity index (χ4v) is 4.74. The molecule has 3 fully saturated rings. The van der Waals surface area contributed by atoms with Crippen LogP contribution in [0, 0.1) is 29.1 Å². The van der Waals surface area contributed by atoms with Crippen LogP contribution in [0.1, 0.15) is 72.1 Å². The first kappa shape index (κ1) is 14.4. The van der Waals surface area contributed by atoms with Crippen molar-refractivity contribution in [1.82, 2.24) is 5.32 Å². The van der Waals surface area contributed by atoms with Crippen molar-refractivity contribution in [3.05, 3.63) is 0 Å². The Morgan fingerprint density at radius 3 is 2.25 bits per heavy atom. The van der Waals surface area contributed by atoms with E-state index < -0.39 is 0 Å². The smallest absolute Gasteiger partial charge is 0.220 e. The lowest BCUT2D eigenvalue weighted by Gasteiger charge is -2.39. The van der Waals surface area contributed by atoms with Gasteiger partial charge in [-0.15, -0.1) is 0 Å². The number of amides is 1. The summed E-state index contributed by atoms with van der Waals surface area (Å²) in [6, 6.07) is 0.525. The minimum atomic E-state index is 0.337. The molecule has 2 unspecified atom stereocenters. The molecule has 2 heteroatoms. The summed E-state index contributed by atoms with van der Waals surface area (Å²) in [6.07, 6.45) is 9.92. The van der Waals surface area contributed by atoms with Crippen molar-refractivity contribution in [2.45, 2.75) is 78.2 Å². The third kappa shape index (κ3) is 3.77. The summed E-state index contributed by atoms with van der Waals surface area (Å²) in [7, 11) is 0. The maximum absolute atomic E-state index is 12.4. The van der Waals surface area contributed by atoms with Crippen LogP contribution < -0.4 is 5.32 Å². The molecule has 0 radical (unpaired) electrons. The van der Waals surface area contributed by atoms with E-state index >= 15 is 0 Å². The van der Waals surface area contributed by atoms with Crippen LogP contribution in [0.4, 0.5) is 0 Å². The molecule has 3 rings (SSSR count). The predicted octanol–water partition coefficient (Wildman–Crippen LogP) is 4.14. The number of rotatable bonds is 5. The van der Waals surface area contributed by atoms with Crippen LogP contribution >= 0.6 is 0 Å². The van der Waals surface area contributed by atoms with E-state index in [1.165, 1.54) is 44.9 Å². The highest BCUT2D eigenvalue weighted by molar-refractivity contribution is 5.76. The summed E-state index contributed by atoms with van der Waals surface area (Å²) in [5, 5.41) is 3.39. The number of carbonyl (C=O) groups is 1. The Labute approximate surface area is 124 Å². The second kappa shape index (κ2) is 5.35. The van der Waals surface area contributed by atoms with Crippen molar-refractivity contribution in [3.8, 4) is 0 Å². The summed E-state index contributed by atoms with van der Waals surface area (Å²) in [5.74, 6) is 3.34. The highest BCUT2D eigenvalue weighted by Gasteiger charge is 2.42. The molecule has 0 spiro atoms. The summed E-state index contributed by atoms with van der Waals surface area (Å²) in [6.45, 7) is 7.08. The Morgan fingerprint density at radius 2 is 1.75 bits per heavy atom. The average molecular weight is 277 g/mol. The zero-order chi connectivity index (χ0) is 14.3. The Bertz CT molecular complexity index is 356. The summed E-state index contributed by atoms with van der Waals surface area (Å²) >= 11 is 0. The lowest BCUT2D eigenvalue weighted by molar-refractivity contribution is -0.123. The molecule has 0 aromatic rings. The lowest BCUT2D eigenvalue weighted by atomic mass is 9.67. The molecule has 3 aliphatic carbocycles. The first-order chi connectivity index (χ1) is 9.43. The maximum atomic E-state index is 12.4. The molecule has 1 amide bonds. The van der Waals surface area contributed by atoms with Crippen LogP contribution in [-0.2, 0) is 4.79 Å². The molecular formula is C18H31NO. The molecule has 3 aliphatic rings. The van der Waals surface area contributed by atoms with E-state index in [-0.39, 0.29) is 0 Å². The molecule has 2 atom stereocenters. The van der Waals surface area contributed by atoms with Gasteiger partial charge in [-0.2, -0.15) is 0 Å². The molecule has 0 aromatic carbocycles. The van der Waals surface area contributed by atoms with Crippen molar-refractivity contribution >= 4 is 5.91 Å². The first-order valence-corrected chi connectivity index (χ1v) is 8.72. The van der Waals surface area contributed by atoms with Gasteiger partial charge in [-0.25, -0.2) is 0 Å². The Hall–Kier alpha value is -0.530. The Morgan fingerprint density at radius 1 is 1.15 bits per heavy atom. The van der Waals surface area contributed by atoms with Crippen LogP contribution in [0.25, 0.3) is 0 Å². The van der Waals surface area contributed by atoms with Crippen LogP contribution in [0.15, 0.2) is 0 Å². The maximum Gasteiger partial charge on any atom is 0.220 e. The summed E-state index contributed by atoms with van der Waals surface area (Å²) in [5.41, 5.74) is 0.426. The van der Waals surface area contributed by atoms with Gasteiger partial charge in [-0.3, -0.25) is 4.79 Å². The SMILES string of the molecule is CC1CC(CC(=O)NC(C2CC2)C2CC2)CC(C)(C)C1. The zero-order valence-electron chi connectivity index (χ0n) is 13.5. The second-order valence-corrected chi connectivity index (χ2v) is 8.75. The Kier molecular flexibility index (Phi) is 3.85. The van der Waals surface area contributed by atoms with Crippen molar-refractivity contribution in [2.75, 3.05) is 0 Å². The van der Waals surface area contributed by atoms with Gasteiger partial charge in [0.05, 0.1) is 0 Å². The topological polar surface area (TPSA) is 29.1 Å². The molecule has 1 N–H and O–H groups in total. The van der Waals surface area contributed by atoms with Crippen molar-refractivity contribution in [1.29, 1.82) is 0 Å². The molecule has 3 saturated carbocycles. The summed E-state index contributed by atoms with van der Waals surface area (Å²) in [4.78, 5) is 12.4. The van der Waals surface area contributed by atoms with Gasteiger partial charge in [-0.05, 0) is 74.0 Å². The van der Waals surface area contributed by atoms with Crippen LogP contribution in [-0.4, -0.2) is 11.9 Å².